The highest BCUT2D eigenvalue weighted by atomic mass is 35.5. The minimum absolute atomic E-state index is 0.300. The van der Waals surface area contributed by atoms with Crippen molar-refractivity contribution in [3.8, 4) is 5.75 Å². The highest BCUT2D eigenvalue weighted by Gasteiger charge is 2.20. The number of benzene rings is 2. The summed E-state index contributed by atoms with van der Waals surface area (Å²) in [6.45, 7) is 1.84. The highest BCUT2D eigenvalue weighted by Crippen LogP contribution is 2.32. The summed E-state index contributed by atoms with van der Waals surface area (Å²) in [7, 11) is 0. The summed E-state index contributed by atoms with van der Waals surface area (Å²) < 4.78 is 5.67. The van der Waals surface area contributed by atoms with Crippen LogP contribution in [0, 0.1) is 0 Å². The molecule has 3 nitrogen and oxygen atoms in total. The quantitative estimate of drug-likeness (QED) is 0.624. The van der Waals surface area contributed by atoms with Crippen molar-refractivity contribution < 1.29 is 9.53 Å². The number of anilines is 1. The molecule has 0 unspecified atom stereocenters. The van der Waals surface area contributed by atoms with E-state index in [0.717, 1.165) is 0 Å². The van der Waals surface area contributed by atoms with Crippen molar-refractivity contribution in [1.82, 2.24) is 0 Å². The molecule has 122 valence electrons. The number of rotatable bonds is 5. The Labute approximate surface area is 154 Å². The number of nitrogens with one attached hydrogen (secondary N) is 1. The lowest BCUT2D eigenvalue weighted by molar-refractivity contribution is -0.122. The third kappa shape index (κ3) is 4.92. The second-order valence-electron chi connectivity index (χ2n) is 4.70. The highest BCUT2D eigenvalue weighted by molar-refractivity contribution is 6.44. The lowest BCUT2D eigenvalue weighted by Gasteiger charge is -2.18. The maximum Gasteiger partial charge on any atom is 0.265 e. The molecular formula is C16H13Cl4NO2. The summed E-state index contributed by atoms with van der Waals surface area (Å²) in [5, 5.41) is 4.21. The number of hydrogen-bond acceptors (Lipinski definition) is 2. The summed E-state index contributed by atoms with van der Waals surface area (Å²) in [5.41, 5.74) is 0.379. The number of halogens is 4. The van der Waals surface area contributed by atoms with Crippen molar-refractivity contribution in [3.63, 3.8) is 0 Å². The summed E-state index contributed by atoms with van der Waals surface area (Å²) in [4.78, 5) is 12.4. The van der Waals surface area contributed by atoms with Crippen molar-refractivity contribution in [2.75, 3.05) is 5.32 Å². The average molecular weight is 393 g/mol. The molecule has 0 fully saturated rings. The van der Waals surface area contributed by atoms with E-state index < -0.39 is 6.10 Å². The van der Waals surface area contributed by atoms with E-state index in [-0.39, 0.29) is 5.91 Å². The molecule has 0 radical (unpaired) electrons. The van der Waals surface area contributed by atoms with Gasteiger partial charge in [0.1, 0.15) is 5.75 Å². The van der Waals surface area contributed by atoms with E-state index in [1.165, 1.54) is 12.1 Å². The van der Waals surface area contributed by atoms with Crippen LogP contribution in [0.25, 0.3) is 0 Å². The predicted molar refractivity (Wildman–Crippen MR) is 96.3 cm³/mol. The zero-order valence-corrected chi connectivity index (χ0v) is 15.1. The van der Waals surface area contributed by atoms with Crippen LogP contribution in [0.1, 0.15) is 13.3 Å². The Morgan fingerprint density at radius 3 is 2.26 bits per heavy atom. The first-order valence-electron chi connectivity index (χ1n) is 6.78. The molecule has 0 bridgehead atoms. The van der Waals surface area contributed by atoms with Crippen molar-refractivity contribution in [1.29, 1.82) is 0 Å². The predicted octanol–water partition coefficient (Wildman–Crippen LogP) is 6.10. The van der Waals surface area contributed by atoms with Gasteiger partial charge in [-0.25, -0.2) is 0 Å². The van der Waals surface area contributed by atoms with Crippen molar-refractivity contribution in [3.05, 3.63) is 56.5 Å². The Kier molecular flexibility index (Phi) is 6.42. The van der Waals surface area contributed by atoms with Gasteiger partial charge in [0.15, 0.2) is 6.10 Å². The molecule has 0 saturated carbocycles. The molecule has 0 heterocycles. The van der Waals surface area contributed by atoms with Crippen molar-refractivity contribution in [2.45, 2.75) is 19.4 Å². The fourth-order valence-corrected chi connectivity index (χ4v) is 2.55. The Morgan fingerprint density at radius 1 is 1.04 bits per heavy atom. The number of ether oxygens (including phenoxy) is 1. The molecular weight excluding hydrogens is 380 g/mol. The van der Waals surface area contributed by atoms with Gasteiger partial charge in [-0.3, -0.25) is 4.79 Å². The Hall–Kier alpha value is -1.13. The summed E-state index contributed by atoms with van der Waals surface area (Å²) in [6.07, 6.45) is -0.199. The van der Waals surface area contributed by atoms with Crippen LogP contribution in [0.2, 0.25) is 20.1 Å². The van der Waals surface area contributed by atoms with Crippen LogP contribution in [-0.2, 0) is 4.79 Å². The van der Waals surface area contributed by atoms with Crippen molar-refractivity contribution in [2.24, 2.45) is 0 Å². The average Bonchev–Trinajstić information content (AvgIpc) is 2.52. The normalized spacial score (nSPS) is 11.9. The lowest BCUT2D eigenvalue weighted by Crippen LogP contribution is -2.32. The zero-order valence-electron chi connectivity index (χ0n) is 12.1. The first-order valence-corrected chi connectivity index (χ1v) is 8.29. The van der Waals surface area contributed by atoms with Gasteiger partial charge < -0.3 is 10.1 Å². The molecule has 1 atom stereocenters. The molecule has 0 saturated heterocycles. The van der Waals surface area contributed by atoms with Gasteiger partial charge in [-0.1, -0.05) is 53.3 Å². The van der Waals surface area contributed by atoms with E-state index in [0.29, 0.717) is 37.9 Å². The van der Waals surface area contributed by atoms with Gasteiger partial charge >= 0.3 is 0 Å². The van der Waals surface area contributed by atoms with E-state index in [4.69, 9.17) is 51.1 Å². The maximum atomic E-state index is 12.4. The molecule has 0 aliphatic rings. The summed E-state index contributed by atoms with van der Waals surface area (Å²) in [5.74, 6) is 0.222. The number of carbonyl (C=O) groups is 1. The van der Waals surface area contributed by atoms with Gasteiger partial charge in [0.25, 0.3) is 5.91 Å². The minimum Gasteiger partial charge on any atom is -0.481 e. The van der Waals surface area contributed by atoms with Crippen LogP contribution in [0.4, 0.5) is 5.69 Å². The van der Waals surface area contributed by atoms with Gasteiger partial charge in [-0.15, -0.1) is 0 Å². The second kappa shape index (κ2) is 8.11. The Morgan fingerprint density at radius 2 is 1.65 bits per heavy atom. The van der Waals surface area contributed by atoms with Crippen LogP contribution in [0.5, 0.6) is 5.75 Å². The monoisotopic (exact) mass is 391 g/mol. The van der Waals surface area contributed by atoms with Gasteiger partial charge in [0, 0.05) is 5.02 Å². The van der Waals surface area contributed by atoms with Crippen LogP contribution < -0.4 is 10.1 Å². The molecule has 0 aliphatic carbocycles. The number of hydrogen-bond donors (Lipinski definition) is 1. The first-order chi connectivity index (χ1) is 10.9. The third-order valence-electron chi connectivity index (χ3n) is 3.02. The Balaban J connectivity index is 2.11. The minimum atomic E-state index is -0.679. The molecule has 7 heteroatoms. The van der Waals surface area contributed by atoms with Crippen LogP contribution in [-0.4, -0.2) is 12.0 Å². The molecule has 2 aromatic carbocycles. The van der Waals surface area contributed by atoms with Gasteiger partial charge in [-0.05, 0) is 42.8 Å². The topological polar surface area (TPSA) is 38.3 Å². The van der Waals surface area contributed by atoms with Crippen LogP contribution in [0.15, 0.2) is 36.4 Å². The molecule has 0 spiro atoms. The molecule has 0 aliphatic heterocycles. The third-order valence-corrected chi connectivity index (χ3v) is 4.31. The number of carbonyl (C=O) groups excluding carboxylic acids is 1. The van der Waals surface area contributed by atoms with Gasteiger partial charge in [0.05, 0.1) is 20.8 Å². The van der Waals surface area contributed by atoms with Crippen molar-refractivity contribution >= 4 is 58.0 Å². The molecule has 2 rings (SSSR count). The lowest BCUT2D eigenvalue weighted by atomic mass is 10.2. The summed E-state index contributed by atoms with van der Waals surface area (Å²) >= 11 is 23.7. The standard InChI is InChI=1S/C16H13Cl4NO2/c1-2-15(23-10-5-3-9(17)4-6-10)16(22)21-14-8-12(19)11(18)7-13(14)20/h3-8,15H,2H2,1H3,(H,21,22)/t15-/m1/s1. The van der Waals surface area contributed by atoms with E-state index in [9.17, 15) is 4.79 Å². The number of amides is 1. The second-order valence-corrected chi connectivity index (χ2v) is 6.36. The molecule has 1 amide bonds. The Bertz CT molecular complexity index is 704. The summed E-state index contributed by atoms with van der Waals surface area (Å²) in [6, 6.07) is 9.75. The van der Waals surface area contributed by atoms with Gasteiger partial charge in [0.2, 0.25) is 0 Å². The maximum absolute atomic E-state index is 12.4. The first kappa shape index (κ1) is 18.2. The van der Waals surface area contributed by atoms with Crippen LogP contribution >= 0.6 is 46.4 Å². The largest absolute Gasteiger partial charge is 0.481 e. The SMILES string of the molecule is CC[C@@H](Oc1ccc(Cl)cc1)C(=O)Nc1cc(Cl)c(Cl)cc1Cl. The smallest absolute Gasteiger partial charge is 0.265 e. The molecule has 23 heavy (non-hydrogen) atoms. The van der Waals surface area contributed by atoms with Gasteiger partial charge in [-0.2, -0.15) is 0 Å². The van der Waals surface area contributed by atoms with E-state index in [1.807, 2.05) is 6.92 Å². The molecule has 1 N–H and O–H groups in total. The molecule has 0 aromatic heterocycles. The van der Waals surface area contributed by atoms with E-state index in [2.05, 4.69) is 5.32 Å². The zero-order chi connectivity index (χ0) is 17.0. The molecule has 2 aromatic rings. The van der Waals surface area contributed by atoms with Crippen LogP contribution in [0.3, 0.4) is 0 Å². The van der Waals surface area contributed by atoms with E-state index in [1.54, 1.807) is 24.3 Å². The van der Waals surface area contributed by atoms with E-state index >= 15 is 0 Å². The fourth-order valence-electron chi connectivity index (χ4n) is 1.83. The fraction of sp³-hybridized carbons (Fsp3) is 0.188.